The van der Waals surface area contributed by atoms with Crippen LogP contribution >= 0.6 is 15.9 Å². The fourth-order valence-corrected chi connectivity index (χ4v) is 1.95. The van der Waals surface area contributed by atoms with Crippen molar-refractivity contribution in [2.24, 2.45) is 0 Å². The second-order valence-electron chi connectivity index (χ2n) is 3.63. The van der Waals surface area contributed by atoms with Gasteiger partial charge in [0.25, 0.3) is 5.91 Å². The van der Waals surface area contributed by atoms with Crippen LogP contribution < -0.4 is 5.32 Å². The highest BCUT2D eigenvalue weighted by atomic mass is 79.9. The highest BCUT2D eigenvalue weighted by Crippen LogP contribution is 2.20. The van der Waals surface area contributed by atoms with Gasteiger partial charge in [0.15, 0.2) is 0 Å². The molecule has 1 aliphatic rings. The van der Waals surface area contributed by atoms with Gasteiger partial charge in [-0.25, -0.2) is 4.98 Å². The van der Waals surface area contributed by atoms with Crippen LogP contribution in [0.15, 0.2) is 22.8 Å². The maximum Gasteiger partial charge on any atom is 0.271 e. The molecule has 0 atom stereocenters. The monoisotopic (exact) mass is 270 g/mol. The van der Waals surface area contributed by atoms with E-state index in [1.54, 1.807) is 18.3 Å². The molecule has 0 radical (unpaired) electrons. The van der Waals surface area contributed by atoms with Crippen LogP contribution in [0.1, 0.15) is 23.3 Å². The van der Waals surface area contributed by atoms with E-state index in [0.717, 1.165) is 0 Å². The Morgan fingerprint density at radius 1 is 1.60 bits per heavy atom. The van der Waals surface area contributed by atoms with Crippen molar-refractivity contribution in [3.8, 4) is 0 Å². The zero-order valence-electron chi connectivity index (χ0n) is 7.98. The van der Waals surface area contributed by atoms with E-state index in [-0.39, 0.29) is 18.1 Å². The molecule has 1 saturated carbocycles. The predicted octanol–water partition coefficient (Wildman–Crippen LogP) is 1.10. The predicted molar refractivity (Wildman–Crippen MR) is 58.4 cm³/mol. The van der Waals surface area contributed by atoms with Crippen LogP contribution in [-0.4, -0.2) is 28.1 Å². The number of amides is 1. The normalized spacial score (nSPS) is 24.4. The molecule has 1 aromatic heterocycles. The third-order valence-electron chi connectivity index (χ3n) is 2.42. The average Bonchev–Trinajstić information content (AvgIpc) is 2.16. The van der Waals surface area contributed by atoms with Gasteiger partial charge in [0, 0.05) is 16.7 Å². The molecule has 0 aliphatic heterocycles. The Morgan fingerprint density at radius 3 is 2.93 bits per heavy atom. The van der Waals surface area contributed by atoms with E-state index >= 15 is 0 Å². The number of aliphatic hydroxyl groups excluding tert-OH is 1. The Balaban J connectivity index is 1.99. The number of nitrogens with one attached hydrogen (secondary N) is 1. The molecule has 0 spiro atoms. The molecule has 1 aromatic rings. The van der Waals surface area contributed by atoms with E-state index in [0.29, 0.717) is 23.0 Å². The molecule has 2 rings (SSSR count). The van der Waals surface area contributed by atoms with Gasteiger partial charge in [-0.05, 0) is 40.9 Å². The van der Waals surface area contributed by atoms with Crippen LogP contribution in [0.4, 0.5) is 0 Å². The highest BCUT2D eigenvalue weighted by molar-refractivity contribution is 9.10. The first-order valence-corrected chi connectivity index (χ1v) is 5.55. The summed E-state index contributed by atoms with van der Waals surface area (Å²) in [4.78, 5) is 15.7. The van der Waals surface area contributed by atoms with Crippen molar-refractivity contribution >= 4 is 21.8 Å². The van der Waals surface area contributed by atoms with Crippen LogP contribution in [0.25, 0.3) is 0 Å². The van der Waals surface area contributed by atoms with Crippen molar-refractivity contribution in [3.05, 3.63) is 28.5 Å². The summed E-state index contributed by atoms with van der Waals surface area (Å²) in [5.41, 5.74) is 0.388. The molecule has 0 bridgehead atoms. The lowest BCUT2D eigenvalue weighted by molar-refractivity contribution is 0.0560. The molecule has 2 N–H and O–H groups in total. The second kappa shape index (κ2) is 4.28. The fraction of sp³-hybridized carbons (Fsp3) is 0.400. The Labute approximate surface area is 95.8 Å². The first kappa shape index (κ1) is 10.6. The minimum absolute atomic E-state index is 0.0846. The number of carbonyl (C=O) groups is 1. The molecule has 0 unspecified atom stereocenters. The molecule has 1 amide bonds. The van der Waals surface area contributed by atoms with Crippen LogP contribution in [0, 0.1) is 0 Å². The standard InChI is InChI=1S/C10H11BrN2O2/c11-8-2-1-3-12-9(8)10(15)13-6-4-7(14)5-6/h1-3,6-7,14H,4-5H2,(H,13,15). The van der Waals surface area contributed by atoms with Crippen molar-refractivity contribution in [1.29, 1.82) is 0 Å². The number of carbonyl (C=O) groups excluding carboxylic acids is 1. The van der Waals surface area contributed by atoms with Crippen LogP contribution in [-0.2, 0) is 0 Å². The summed E-state index contributed by atoms with van der Waals surface area (Å²) in [6, 6.07) is 3.62. The molecule has 1 aliphatic carbocycles. The van der Waals surface area contributed by atoms with Gasteiger partial charge in [-0.1, -0.05) is 0 Å². The summed E-state index contributed by atoms with van der Waals surface area (Å²) in [5.74, 6) is -0.195. The average molecular weight is 271 g/mol. The van der Waals surface area contributed by atoms with Crippen molar-refractivity contribution in [1.82, 2.24) is 10.3 Å². The molecular formula is C10H11BrN2O2. The molecule has 5 heteroatoms. The largest absolute Gasteiger partial charge is 0.393 e. The smallest absolute Gasteiger partial charge is 0.271 e. The number of hydrogen-bond donors (Lipinski definition) is 2. The van der Waals surface area contributed by atoms with Gasteiger partial charge in [-0.2, -0.15) is 0 Å². The van der Waals surface area contributed by atoms with E-state index in [1.165, 1.54) is 0 Å². The SMILES string of the molecule is O=C(NC1CC(O)C1)c1ncccc1Br. The number of hydrogen-bond acceptors (Lipinski definition) is 3. The van der Waals surface area contributed by atoms with Gasteiger partial charge in [-0.3, -0.25) is 4.79 Å². The number of nitrogens with zero attached hydrogens (tertiary/aromatic N) is 1. The van der Waals surface area contributed by atoms with Crippen molar-refractivity contribution in [2.45, 2.75) is 25.0 Å². The molecule has 4 nitrogen and oxygen atoms in total. The Bertz CT molecular complexity index is 377. The van der Waals surface area contributed by atoms with E-state index in [1.807, 2.05) is 0 Å². The third-order valence-corrected chi connectivity index (χ3v) is 3.06. The van der Waals surface area contributed by atoms with E-state index in [2.05, 4.69) is 26.2 Å². The lowest BCUT2D eigenvalue weighted by Crippen LogP contribution is -2.47. The Hall–Kier alpha value is -0.940. The molecule has 1 heterocycles. The number of aromatic nitrogens is 1. The van der Waals surface area contributed by atoms with E-state index in [9.17, 15) is 4.79 Å². The van der Waals surface area contributed by atoms with Gasteiger partial charge in [0.05, 0.1) is 6.10 Å². The molecule has 80 valence electrons. The zero-order chi connectivity index (χ0) is 10.8. The van der Waals surface area contributed by atoms with Crippen LogP contribution in [0.5, 0.6) is 0 Å². The third kappa shape index (κ3) is 2.35. The Kier molecular flexibility index (Phi) is 3.02. The van der Waals surface area contributed by atoms with Gasteiger partial charge in [0.2, 0.25) is 0 Å². The second-order valence-corrected chi connectivity index (χ2v) is 4.48. The van der Waals surface area contributed by atoms with E-state index < -0.39 is 0 Å². The van der Waals surface area contributed by atoms with Crippen LogP contribution in [0.3, 0.4) is 0 Å². The first-order chi connectivity index (χ1) is 7.16. The zero-order valence-corrected chi connectivity index (χ0v) is 9.57. The highest BCUT2D eigenvalue weighted by Gasteiger charge is 2.29. The number of aliphatic hydroxyl groups is 1. The van der Waals surface area contributed by atoms with Gasteiger partial charge in [0.1, 0.15) is 5.69 Å². The fourth-order valence-electron chi connectivity index (χ4n) is 1.51. The minimum Gasteiger partial charge on any atom is -0.393 e. The summed E-state index contributed by atoms with van der Waals surface area (Å²) >= 11 is 3.27. The van der Waals surface area contributed by atoms with Gasteiger partial charge < -0.3 is 10.4 Å². The van der Waals surface area contributed by atoms with Crippen molar-refractivity contribution < 1.29 is 9.90 Å². The van der Waals surface area contributed by atoms with Crippen molar-refractivity contribution in [3.63, 3.8) is 0 Å². The van der Waals surface area contributed by atoms with Gasteiger partial charge >= 0.3 is 0 Å². The molecule has 0 saturated heterocycles. The summed E-state index contributed by atoms with van der Waals surface area (Å²) in [6.45, 7) is 0. The summed E-state index contributed by atoms with van der Waals surface area (Å²) in [5, 5.41) is 11.9. The van der Waals surface area contributed by atoms with Gasteiger partial charge in [-0.15, -0.1) is 0 Å². The summed E-state index contributed by atoms with van der Waals surface area (Å²) in [7, 11) is 0. The lowest BCUT2D eigenvalue weighted by atomic mass is 9.89. The quantitative estimate of drug-likeness (QED) is 0.846. The minimum atomic E-state index is -0.262. The summed E-state index contributed by atoms with van der Waals surface area (Å²) < 4.78 is 0.683. The van der Waals surface area contributed by atoms with Crippen LogP contribution in [0.2, 0.25) is 0 Å². The molecular weight excluding hydrogens is 260 g/mol. The summed E-state index contributed by atoms with van der Waals surface area (Å²) in [6.07, 6.45) is 2.59. The first-order valence-electron chi connectivity index (χ1n) is 4.76. The van der Waals surface area contributed by atoms with E-state index in [4.69, 9.17) is 5.11 Å². The molecule has 15 heavy (non-hydrogen) atoms. The maximum absolute atomic E-state index is 11.7. The Morgan fingerprint density at radius 2 is 2.33 bits per heavy atom. The lowest BCUT2D eigenvalue weighted by Gasteiger charge is -2.31. The number of rotatable bonds is 2. The topological polar surface area (TPSA) is 62.2 Å². The number of halogens is 1. The number of pyridine rings is 1. The maximum atomic E-state index is 11.7. The van der Waals surface area contributed by atoms with Crippen molar-refractivity contribution in [2.75, 3.05) is 0 Å². The molecule has 1 fully saturated rings. The molecule has 0 aromatic carbocycles.